The molecule has 1 aliphatic heterocycles. The minimum absolute atomic E-state index is 0.0636. The van der Waals surface area contributed by atoms with Crippen molar-refractivity contribution >= 4 is 12.6 Å². The lowest BCUT2D eigenvalue weighted by Gasteiger charge is -2.32. The maximum atomic E-state index is 9.08. The van der Waals surface area contributed by atoms with E-state index in [1.54, 1.807) is 6.20 Å². The van der Waals surface area contributed by atoms with Crippen molar-refractivity contribution in [3.8, 4) is 0 Å². The third-order valence-corrected chi connectivity index (χ3v) is 4.73. The van der Waals surface area contributed by atoms with Crippen molar-refractivity contribution in [2.24, 2.45) is 0 Å². The third kappa shape index (κ3) is 3.20. The fourth-order valence-electron chi connectivity index (χ4n) is 2.50. The average molecular weight is 314 g/mol. The number of hydrogen-bond donors (Lipinski definition) is 1. The molecule has 1 aromatic heterocycles. The molecule has 1 N–H and O–H groups in total. The number of nitrogens with zero attached hydrogens (tertiary/aromatic N) is 2. The van der Waals surface area contributed by atoms with Crippen LogP contribution < -0.4 is 5.46 Å². The molecule has 1 saturated heterocycles. The summed E-state index contributed by atoms with van der Waals surface area (Å²) < 4.78 is 14.0. The lowest BCUT2D eigenvalue weighted by molar-refractivity contribution is 0.00578. The van der Waals surface area contributed by atoms with Crippen molar-refractivity contribution in [2.45, 2.75) is 52.0 Å². The summed E-state index contributed by atoms with van der Waals surface area (Å²) >= 11 is 0. The number of aliphatic hydroxyl groups excluding tert-OH is 1. The summed E-state index contributed by atoms with van der Waals surface area (Å²) in [6.07, 6.45) is 3.76. The molecule has 122 valence electrons. The molecule has 0 radical (unpaired) electrons. The minimum Gasteiger partial charge on any atom is -0.399 e. The van der Waals surface area contributed by atoms with Crippen LogP contribution in [0.2, 0.25) is 0 Å². The van der Waals surface area contributed by atoms with Gasteiger partial charge in [0.15, 0.2) is 0 Å². The van der Waals surface area contributed by atoms with Gasteiger partial charge in [0.2, 0.25) is 0 Å². The first kappa shape index (κ1) is 16.2. The molecule has 1 aliphatic rings. The van der Waals surface area contributed by atoms with Gasteiger partial charge in [0, 0.05) is 17.9 Å². The summed E-state index contributed by atoms with van der Waals surface area (Å²) in [6.45, 7) is 8.90. The molecule has 2 heterocycles. The van der Waals surface area contributed by atoms with Crippen LogP contribution in [0.3, 0.4) is 0 Å². The summed E-state index contributed by atoms with van der Waals surface area (Å²) in [5, 5.41) is 13.5. The second-order valence-corrected chi connectivity index (χ2v) is 7.03. The van der Waals surface area contributed by atoms with Crippen molar-refractivity contribution in [2.75, 3.05) is 0 Å². The quantitative estimate of drug-likeness (QED) is 0.873. The summed E-state index contributed by atoms with van der Waals surface area (Å²) in [5.74, 6) is 0. The SMILES string of the molecule is CC1(C)OB(c2cnn(Cc3ccc(CO)cc3)c2)OC1(C)C. The average Bonchev–Trinajstić information content (AvgIpc) is 3.03. The number of rotatable bonds is 4. The molecule has 0 saturated carbocycles. The van der Waals surface area contributed by atoms with Gasteiger partial charge in [0.05, 0.1) is 24.4 Å². The van der Waals surface area contributed by atoms with Crippen LogP contribution in [0.4, 0.5) is 0 Å². The summed E-state index contributed by atoms with van der Waals surface area (Å²) in [7, 11) is -0.384. The highest BCUT2D eigenvalue weighted by atomic mass is 16.7. The third-order valence-electron chi connectivity index (χ3n) is 4.73. The van der Waals surface area contributed by atoms with Crippen LogP contribution in [-0.4, -0.2) is 33.2 Å². The van der Waals surface area contributed by atoms with E-state index in [0.29, 0.717) is 6.54 Å². The van der Waals surface area contributed by atoms with Crippen LogP contribution in [0.15, 0.2) is 36.7 Å². The Morgan fingerprint density at radius 1 is 1.04 bits per heavy atom. The predicted molar refractivity (Wildman–Crippen MR) is 89.4 cm³/mol. The first-order chi connectivity index (χ1) is 10.8. The fourth-order valence-corrected chi connectivity index (χ4v) is 2.50. The Balaban J connectivity index is 1.71. The summed E-state index contributed by atoms with van der Waals surface area (Å²) in [5.41, 5.74) is 2.27. The topological polar surface area (TPSA) is 56.5 Å². The molecule has 5 nitrogen and oxygen atoms in total. The largest absolute Gasteiger partial charge is 0.498 e. The Labute approximate surface area is 137 Å². The van der Waals surface area contributed by atoms with Crippen molar-refractivity contribution in [3.63, 3.8) is 0 Å². The maximum absolute atomic E-state index is 9.08. The molecular weight excluding hydrogens is 291 g/mol. The first-order valence-corrected chi connectivity index (χ1v) is 7.87. The molecule has 3 rings (SSSR count). The van der Waals surface area contributed by atoms with Gasteiger partial charge in [0.25, 0.3) is 0 Å². The van der Waals surface area contributed by atoms with E-state index < -0.39 is 0 Å². The van der Waals surface area contributed by atoms with Crippen molar-refractivity contribution < 1.29 is 14.4 Å². The minimum atomic E-state index is -0.384. The highest BCUT2D eigenvalue weighted by Gasteiger charge is 2.52. The molecule has 0 bridgehead atoms. The Kier molecular flexibility index (Phi) is 4.08. The normalized spacial score (nSPS) is 19.3. The molecule has 1 aromatic carbocycles. The molecule has 0 spiro atoms. The molecule has 1 fully saturated rings. The van der Waals surface area contributed by atoms with Crippen LogP contribution in [0.1, 0.15) is 38.8 Å². The second kappa shape index (κ2) is 5.78. The van der Waals surface area contributed by atoms with Gasteiger partial charge in [-0.25, -0.2) is 0 Å². The van der Waals surface area contributed by atoms with E-state index in [4.69, 9.17) is 14.4 Å². The van der Waals surface area contributed by atoms with E-state index in [0.717, 1.165) is 16.6 Å². The summed E-state index contributed by atoms with van der Waals surface area (Å²) in [4.78, 5) is 0. The van der Waals surface area contributed by atoms with Crippen molar-refractivity contribution in [1.82, 2.24) is 9.78 Å². The van der Waals surface area contributed by atoms with Crippen LogP contribution in [-0.2, 0) is 22.5 Å². The highest BCUT2D eigenvalue weighted by molar-refractivity contribution is 6.61. The second-order valence-electron chi connectivity index (χ2n) is 7.03. The Morgan fingerprint density at radius 3 is 2.17 bits per heavy atom. The lowest BCUT2D eigenvalue weighted by Crippen LogP contribution is -2.41. The molecule has 2 aromatic rings. The molecule has 23 heavy (non-hydrogen) atoms. The number of benzene rings is 1. The van der Waals surface area contributed by atoms with E-state index in [1.165, 1.54) is 0 Å². The standard InChI is InChI=1S/C17H23BN2O3/c1-16(2)17(3,4)23-18(22-16)15-9-19-20(11-15)10-13-5-7-14(12-21)8-6-13/h5-9,11,21H,10,12H2,1-4H3. The van der Waals surface area contributed by atoms with Crippen LogP contribution in [0, 0.1) is 0 Å². The lowest BCUT2D eigenvalue weighted by atomic mass is 9.82. The molecule has 0 atom stereocenters. The van der Waals surface area contributed by atoms with Gasteiger partial charge >= 0.3 is 7.12 Å². The molecule has 6 heteroatoms. The van der Waals surface area contributed by atoms with Crippen LogP contribution in [0.25, 0.3) is 0 Å². The van der Waals surface area contributed by atoms with E-state index >= 15 is 0 Å². The Hall–Kier alpha value is -1.63. The van der Waals surface area contributed by atoms with Crippen LogP contribution >= 0.6 is 0 Å². The Morgan fingerprint density at radius 2 is 1.61 bits per heavy atom. The zero-order valence-corrected chi connectivity index (χ0v) is 14.1. The highest BCUT2D eigenvalue weighted by Crippen LogP contribution is 2.36. The van der Waals surface area contributed by atoms with E-state index in [-0.39, 0.29) is 24.9 Å². The van der Waals surface area contributed by atoms with Gasteiger partial charge in [-0.15, -0.1) is 0 Å². The predicted octanol–water partition coefficient (Wildman–Crippen LogP) is 1.72. The smallest absolute Gasteiger partial charge is 0.399 e. The van der Waals surface area contributed by atoms with Gasteiger partial charge in [-0.05, 0) is 38.8 Å². The summed E-state index contributed by atoms with van der Waals surface area (Å²) in [6, 6.07) is 7.85. The zero-order chi connectivity index (χ0) is 16.7. The molecule has 0 aliphatic carbocycles. The van der Waals surface area contributed by atoms with Gasteiger partial charge in [-0.2, -0.15) is 5.10 Å². The Bertz CT molecular complexity index is 663. The van der Waals surface area contributed by atoms with Crippen molar-refractivity contribution in [1.29, 1.82) is 0 Å². The molecule has 0 amide bonds. The van der Waals surface area contributed by atoms with Gasteiger partial charge in [-0.3, -0.25) is 4.68 Å². The maximum Gasteiger partial charge on any atom is 0.498 e. The zero-order valence-electron chi connectivity index (χ0n) is 14.1. The van der Waals surface area contributed by atoms with Gasteiger partial charge in [-0.1, -0.05) is 24.3 Å². The van der Waals surface area contributed by atoms with Gasteiger partial charge in [0.1, 0.15) is 0 Å². The van der Waals surface area contributed by atoms with Crippen LogP contribution in [0.5, 0.6) is 0 Å². The number of hydrogen-bond acceptors (Lipinski definition) is 4. The molecule has 0 unspecified atom stereocenters. The first-order valence-electron chi connectivity index (χ1n) is 7.87. The van der Waals surface area contributed by atoms with Gasteiger partial charge < -0.3 is 14.4 Å². The number of aromatic nitrogens is 2. The van der Waals surface area contributed by atoms with E-state index in [2.05, 4.69) is 5.10 Å². The molecular formula is C17H23BN2O3. The fraction of sp³-hybridized carbons (Fsp3) is 0.471. The monoisotopic (exact) mass is 314 g/mol. The van der Waals surface area contributed by atoms with E-state index in [1.807, 2.05) is 62.8 Å². The van der Waals surface area contributed by atoms with Crippen molar-refractivity contribution in [3.05, 3.63) is 47.8 Å². The van der Waals surface area contributed by atoms with E-state index in [9.17, 15) is 0 Å². The number of aliphatic hydroxyl groups is 1.